The number of nitrogens with two attached hydrogens (primary N) is 1. The fraction of sp³-hybridized carbons (Fsp3) is 0.750. The third kappa shape index (κ3) is 5.10. The minimum Gasteiger partial charge on any atom is -0.463 e. The van der Waals surface area contributed by atoms with Crippen LogP contribution in [0.4, 0.5) is 0 Å². The molecule has 0 spiro atoms. The number of ether oxygens (including phenoxy) is 2. The van der Waals surface area contributed by atoms with Gasteiger partial charge in [0.15, 0.2) is 0 Å². The molecule has 6 heteroatoms. The predicted molar refractivity (Wildman–Crippen MR) is 84.2 cm³/mol. The van der Waals surface area contributed by atoms with Gasteiger partial charge in [0.25, 0.3) is 0 Å². The first-order valence-electron chi connectivity index (χ1n) is 9.94. The Labute approximate surface area is 139 Å². The molecule has 0 heterocycles. The lowest BCUT2D eigenvalue weighted by Crippen LogP contribution is -2.57. The van der Waals surface area contributed by atoms with E-state index in [2.05, 4.69) is 10.1 Å². The van der Waals surface area contributed by atoms with Crippen LogP contribution in [0.2, 0.25) is 0 Å². The molecule has 1 amide bonds. The fourth-order valence-electron chi connectivity index (χ4n) is 2.51. The SMILES string of the molecule is [2H]C([2H])([2H])C([2H])([2H])OC(=O)C1=C[C@@H](OC(CC)CC)[C@H](NC(C)=O)[C@@H](N)C1. The van der Waals surface area contributed by atoms with Gasteiger partial charge in [0, 0.05) is 22.7 Å². The van der Waals surface area contributed by atoms with E-state index in [1.165, 1.54) is 13.0 Å². The highest BCUT2D eigenvalue weighted by Gasteiger charge is 2.35. The minimum atomic E-state index is -3.13. The van der Waals surface area contributed by atoms with Gasteiger partial charge in [0.05, 0.1) is 27.6 Å². The number of carbonyl (C=O) groups is 2. The third-order valence-corrected chi connectivity index (χ3v) is 3.67. The summed E-state index contributed by atoms with van der Waals surface area (Å²) >= 11 is 0. The number of esters is 1. The Kier molecular flexibility index (Phi) is 4.89. The molecular formula is C16H28N2O4. The molecule has 0 aromatic heterocycles. The van der Waals surface area contributed by atoms with Crippen LogP contribution < -0.4 is 11.1 Å². The molecule has 6 nitrogen and oxygen atoms in total. The summed E-state index contributed by atoms with van der Waals surface area (Å²) in [6.07, 6.45) is 2.00. The van der Waals surface area contributed by atoms with Crippen LogP contribution in [0, 0.1) is 0 Å². The van der Waals surface area contributed by atoms with E-state index in [-0.39, 0.29) is 24.0 Å². The normalized spacial score (nSPS) is 29.4. The van der Waals surface area contributed by atoms with Crippen LogP contribution in [0.3, 0.4) is 0 Å². The van der Waals surface area contributed by atoms with Gasteiger partial charge in [-0.2, -0.15) is 0 Å². The van der Waals surface area contributed by atoms with Crippen molar-refractivity contribution in [3.8, 4) is 0 Å². The largest absolute Gasteiger partial charge is 0.463 e. The van der Waals surface area contributed by atoms with Gasteiger partial charge in [-0.05, 0) is 32.2 Å². The number of carbonyl (C=O) groups excluding carboxylic acids is 2. The number of amides is 1. The average molecular weight is 317 g/mol. The highest BCUT2D eigenvalue weighted by molar-refractivity contribution is 5.89. The van der Waals surface area contributed by atoms with Crippen molar-refractivity contribution >= 4 is 11.9 Å². The third-order valence-electron chi connectivity index (χ3n) is 3.67. The molecule has 0 aromatic carbocycles. The van der Waals surface area contributed by atoms with Crippen molar-refractivity contribution in [3.05, 3.63) is 11.6 Å². The van der Waals surface area contributed by atoms with Crippen LogP contribution in [-0.4, -0.2) is 42.7 Å². The second-order valence-corrected chi connectivity index (χ2v) is 5.32. The maximum absolute atomic E-state index is 12.3. The Morgan fingerprint density at radius 2 is 2.23 bits per heavy atom. The first kappa shape index (κ1) is 12.1. The van der Waals surface area contributed by atoms with Crippen LogP contribution in [-0.2, 0) is 19.1 Å². The average Bonchev–Trinajstić information content (AvgIpc) is 2.53. The highest BCUT2D eigenvalue weighted by atomic mass is 16.5. The van der Waals surface area contributed by atoms with Gasteiger partial charge < -0.3 is 20.5 Å². The quantitative estimate of drug-likeness (QED) is 0.690. The fourth-order valence-corrected chi connectivity index (χ4v) is 2.51. The topological polar surface area (TPSA) is 90.6 Å². The summed E-state index contributed by atoms with van der Waals surface area (Å²) in [5, 5.41) is 2.72. The van der Waals surface area contributed by atoms with Crippen molar-refractivity contribution in [3.63, 3.8) is 0 Å². The molecule has 1 aliphatic carbocycles. The Morgan fingerprint density at radius 1 is 1.55 bits per heavy atom. The molecule has 0 radical (unpaired) electrons. The molecule has 0 saturated carbocycles. The Hall–Kier alpha value is -1.40. The molecule has 0 fully saturated rings. The molecule has 0 aromatic rings. The van der Waals surface area contributed by atoms with E-state index in [1.807, 2.05) is 13.8 Å². The number of hydrogen-bond acceptors (Lipinski definition) is 5. The van der Waals surface area contributed by atoms with Gasteiger partial charge in [-0.15, -0.1) is 0 Å². The van der Waals surface area contributed by atoms with Crippen LogP contribution >= 0.6 is 0 Å². The zero-order chi connectivity index (χ0) is 21.0. The smallest absolute Gasteiger partial charge is 0.333 e. The molecule has 0 unspecified atom stereocenters. The molecule has 0 bridgehead atoms. The Bertz CT molecular complexity index is 576. The van der Waals surface area contributed by atoms with Crippen molar-refractivity contribution in [2.45, 2.75) is 71.2 Å². The summed E-state index contributed by atoms with van der Waals surface area (Å²) < 4.78 is 46.9. The Balaban J connectivity index is 3.10. The molecule has 0 aliphatic heterocycles. The van der Waals surface area contributed by atoms with E-state index in [0.717, 1.165) is 0 Å². The maximum atomic E-state index is 12.3. The van der Waals surface area contributed by atoms with Gasteiger partial charge in [-0.1, -0.05) is 13.8 Å². The highest BCUT2D eigenvalue weighted by Crippen LogP contribution is 2.24. The monoisotopic (exact) mass is 317 g/mol. The van der Waals surface area contributed by atoms with E-state index in [9.17, 15) is 9.59 Å². The van der Waals surface area contributed by atoms with E-state index in [0.29, 0.717) is 12.8 Å². The lowest BCUT2D eigenvalue weighted by Gasteiger charge is -2.36. The number of rotatable bonds is 7. The van der Waals surface area contributed by atoms with Crippen LogP contribution in [0.25, 0.3) is 0 Å². The van der Waals surface area contributed by atoms with E-state index in [4.69, 9.17) is 17.3 Å². The predicted octanol–water partition coefficient (Wildman–Crippen LogP) is 1.29. The second-order valence-electron chi connectivity index (χ2n) is 5.32. The summed E-state index contributed by atoms with van der Waals surface area (Å²) in [5.74, 6) is -1.40. The Morgan fingerprint density at radius 3 is 2.77 bits per heavy atom. The van der Waals surface area contributed by atoms with Gasteiger partial charge in [0.1, 0.15) is 0 Å². The summed E-state index contributed by atoms with van der Waals surface area (Å²) in [4.78, 5) is 23.8. The zero-order valence-corrected chi connectivity index (χ0v) is 13.2. The van der Waals surface area contributed by atoms with E-state index in [1.54, 1.807) is 0 Å². The first-order chi connectivity index (χ1) is 12.3. The van der Waals surface area contributed by atoms with Crippen molar-refractivity contribution < 1.29 is 25.9 Å². The summed E-state index contributed by atoms with van der Waals surface area (Å²) in [5.41, 5.74) is 6.13. The van der Waals surface area contributed by atoms with Crippen LogP contribution in [0.15, 0.2) is 11.6 Å². The number of hydrogen-bond donors (Lipinski definition) is 2. The standard InChI is InChI=1S/C16H28N2O4/c1-5-12(6-2)22-14-9-11(16(20)21-7-3)8-13(17)15(14)18-10(4)19/h9,12-15H,5-8,17H2,1-4H3,(H,18,19)/t13-,14+,15+/m0/s1/i3D3,7D2. The molecule has 126 valence electrons. The van der Waals surface area contributed by atoms with Gasteiger partial charge in [0.2, 0.25) is 5.91 Å². The molecule has 1 aliphatic rings. The van der Waals surface area contributed by atoms with Gasteiger partial charge in [-0.25, -0.2) is 4.79 Å². The van der Waals surface area contributed by atoms with Gasteiger partial charge in [-0.3, -0.25) is 4.79 Å². The molecular weight excluding hydrogens is 284 g/mol. The minimum absolute atomic E-state index is 0.0103. The van der Waals surface area contributed by atoms with E-state index < -0.39 is 37.6 Å². The molecule has 1 rings (SSSR count). The molecule has 3 N–H and O–H groups in total. The van der Waals surface area contributed by atoms with Crippen LogP contribution in [0.1, 0.15) is 53.7 Å². The molecule has 3 atom stereocenters. The van der Waals surface area contributed by atoms with Crippen molar-refractivity contribution in [1.82, 2.24) is 5.32 Å². The first-order valence-corrected chi connectivity index (χ1v) is 7.44. The maximum Gasteiger partial charge on any atom is 0.333 e. The molecule has 22 heavy (non-hydrogen) atoms. The summed E-state index contributed by atoms with van der Waals surface area (Å²) in [6, 6.07) is -1.25. The lowest BCUT2D eigenvalue weighted by atomic mass is 9.88. The summed E-state index contributed by atoms with van der Waals surface area (Å²) in [6.45, 7) is -1.03. The van der Waals surface area contributed by atoms with E-state index >= 15 is 0 Å². The number of nitrogens with one attached hydrogen (secondary N) is 1. The molecule has 0 saturated heterocycles. The zero-order valence-electron chi connectivity index (χ0n) is 18.2. The van der Waals surface area contributed by atoms with Gasteiger partial charge >= 0.3 is 5.97 Å². The lowest BCUT2D eigenvalue weighted by molar-refractivity contribution is -0.139. The second kappa shape index (κ2) is 8.90. The van der Waals surface area contributed by atoms with Crippen molar-refractivity contribution in [2.75, 3.05) is 6.56 Å². The van der Waals surface area contributed by atoms with Crippen molar-refractivity contribution in [2.24, 2.45) is 5.73 Å². The van der Waals surface area contributed by atoms with Crippen molar-refractivity contribution in [1.29, 1.82) is 0 Å². The summed E-state index contributed by atoms with van der Waals surface area (Å²) in [7, 11) is 0. The van der Waals surface area contributed by atoms with Crippen LogP contribution in [0.5, 0.6) is 0 Å².